The number of ether oxygens (including phenoxy) is 2. The van der Waals surface area contributed by atoms with E-state index in [4.69, 9.17) is 20.9 Å². The molecule has 1 aromatic rings. The molecule has 0 saturated heterocycles. The van der Waals surface area contributed by atoms with Gasteiger partial charge < -0.3 is 26.3 Å². The van der Waals surface area contributed by atoms with E-state index in [-0.39, 0.29) is 6.10 Å². The fraction of sp³-hybridized carbons (Fsp3) is 0.778. The molecule has 0 amide bonds. The highest BCUT2D eigenvalue weighted by molar-refractivity contribution is 7.99. The number of nitrogens with one attached hydrogen (secondary N) is 1. The predicted molar refractivity (Wildman–Crippen MR) is 106 cm³/mol. The summed E-state index contributed by atoms with van der Waals surface area (Å²) in [5.74, 6) is 2.76. The van der Waals surface area contributed by atoms with Crippen molar-refractivity contribution in [1.82, 2.24) is 9.97 Å². The van der Waals surface area contributed by atoms with Crippen LogP contribution in [-0.2, 0) is 9.47 Å². The maximum Gasteiger partial charge on any atom is 0.191 e. The number of anilines is 3. The minimum Gasteiger partial charge on any atom is -0.393 e. The Morgan fingerprint density at radius 3 is 2.77 bits per heavy atom. The molecule has 0 aromatic carbocycles. The molecule has 146 valence electrons. The van der Waals surface area contributed by atoms with E-state index in [9.17, 15) is 0 Å². The highest BCUT2D eigenvalue weighted by atomic mass is 32.2. The lowest BCUT2D eigenvalue weighted by Crippen LogP contribution is -2.21. The van der Waals surface area contributed by atoms with Crippen molar-refractivity contribution in [2.24, 2.45) is 5.92 Å². The molecule has 3 rings (SSSR count). The van der Waals surface area contributed by atoms with Gasteiger partial charge >= 0.3 is 0 Å². The van der Waals surface area contributed by atoms with Gasteiger partial charge in [-0.3, -0.25) is 0 Å². The van der Waals surface area contributed by atoms with E-state index in [1.54, 1.807) is 11.8 Å². The second-order valence-corrected chi connectivity index (χ2v) is 8.23. The standard InChI is InChI=1S/C18H31N5O2S/c1-2-9-26-18-22-16(20)15(19)17(23-18)21-13-5-6-14(10-13)25-8-7-24-11-12-3-4-12/h12-14H,2-11,19H2,1H3,(H3,20,21,22,23). The Morgan fingerprint density at radius 2 is 2.00 bits per heavy atom. The molecular weight excluding hydrogens is 350 g/mol. The molecule has 2 unspecified atom stereocenters. The smallest absolute Gasteiger partial charge is 0.191 e. The van der Waals surface area contributed by atoms with E-state index in [1.165, 1.54) is 12.8 Å². The maximum absolute atomic E-state index is 6.07. The summed E-state index contributed by atoms with van der Waals surface area (Å²) in [4.78, 5) is 8.80. The zero-order chi connectivity index (χ0) is 18.4. The second kappa shape index (κ2) is 9.62. The van der Waals surface area contributed by atoms with Crippen LogP contribution in [-0.4, -0.2) is 47.7 Å². The van der Waals surface area contributed by atoms with Crippen molar-refractivity contribution >= 4 is 29.1 Å². The van der Waals surface area contributed by atoms with Gasteiger partial charge in [0.2, 0.25) is 0 Å². The van der Waals surface area contributed by atoms with Gasteiger partial charge in [-0.2, -0.15) is 0 Å². The van der Waals surface area contributed by atoms with Crippen LogP contribution < -0.4 is 16.8 Å². The van der Waals surface area contributed by atoms with Crippen molar-refractivity contribution < 1.29 is 9.47 Å². The molecule has 7 nitrogen and oxygen atoms in total. The molecule has 2 atom stereocenters. The lowest BCUT2D eigenvalue weighted by Gasteiger charge is -2.17. The summed E-state index contributed by atoms with van der Waals surface area (Å²) in [6.07, 6.45) is 7.01. The summed E-state index contributed by atoms with van der Waals surface area (Å²) in [7, 11) is 0. The molecule has 2 fully saturated rings. The van der Waals surface area contributed by atoms with Crippen LogP contribution >= 0.6 is 11.8 Å². The van der Waals surface area contributed by atoms with Gasteiger partial charge in [-0.1, -0.05) is 18.7 Å². The quantitative estimate of drug-likeness (QED) is 0.305. The first-order valence-electron chi connectivity index (χ1n) is 9.67. The number of rotatable bonds is 11. The zero-order valence-electron chi connectivity index (χ0n) is 15.6. The number of nitrogens with zero attached hydrogens (tertiary/aromatic N) is 2. The summed E-state index contributed by atoms with van der Waals surface area (Å²) in [6.45, 7) is 4.39. The molecule has 1 aromatic heterocycles. The number of thioether (sulfide) groups is 1. The summed E-state index contributed by atoms with van der Waals surface area (Å²) >= 11 is 1.60. The van der Waals surface area contributed by atoms with Crippen molar-refractivity contribution in [2.45, 2.75) is 62.8 Å². The molecule has 5 N–H and O–H groups in total. The van der Waals surface area contributed by atoms with Crippen LogP contribution in [0.25, 0.3) is 0 Å². The molecule has 2 aliphatic carbocycles. The van der Waals surface area contributed by atoms with Crippen molar-refractivity contribution in [3.63, 3.8) is 0 Å². The van der Waals surface area contributed by atoms with Gasteiger partial charge in [0.1, 0.15) is 5.69 Å². The van der Waals surface area contributed by atoms with Crippen LogP contribution in [0.4, 0.5) is 17.3 Å². The Labute approximate surface area is 160 Å². The lowest BCUT2D eigenvalue weighted by atomic mass is 10.2. The zero-order valence-corrected chi connectivity index (χ0v) is 16.4. The van der Waals surface area contributed by atoms with Crippen molar-refractivity contribution in [2.75, 3.05) is 42.4 Å². The fourth-order valence-electron chi connectivity index (χ4n) is 3.06. The summed E-state index contributed by atoms with van der Waals surface area (Å²) in [5, 5.41) is 4.12. The van der Waals surface area contributed by atoms with Crippen LogP contribution in [0, 0.1) is 5.92 Å². The maximum atomic E-state index is 6.07. The Bertz CT molecular complexity index is 585. The molecule has 26 heavy (non-hydrogen) atoms. The van der Waals surface area contributed by atoms with Crippen LogP contribution in [0.2, 0.25) is 0 Å². The average Bonchev–Trinajstić information content (AvgIpc) is 3.35. The SMILES string of the molecule is CCCSc1nc(N)c(N)c(NC2CCC(OCCOCC3CC3)C2)n1. The normalized spacial score (nSPS) is 22.7. The van der Waals surface area contributed by atoms with E-state index < -0.39 is 0 Å². The third kappa shape index (κ3) is 5.89. The fourth-order valence-corrected chi connectivity index (χ4v) is 3.76. The van der Waals surface area contributed by atoms with E-state index >= 15 is 0 Å². The number of hydrogen-bond acceptors (Lipinski definition) is 8. The van der Waals surface area contributed by atoms with Gasteiger partial charge in [0.05, 0.1) is 19.3 Å². The third-order valence-corrected chi connectivity index (χ3v) is 5.80. The molecule has 0 radical (unpaired) electrons. The van der Waals surface area contributed by atoms with Gasteiger partial charge in [0.25, 0.3) is 0 Å². The molecule has 0 bridgehead atoms. The van der Waals surface area contributed by atoms with Gasteiger partial charge in [-0.15, -0.1) is 0 Å². The molecule has 2 saturated carbocycles. The van der Waals surface area contributed by atoms with Crippen molar-refractivity contribution in [3.05, 3.63) is 0 Å². The molecule has 0 spiro atoms. The average molecular weight is 382 g/mol. The topological polar surface area (TPSA) is 108 Å². The van der Waals surface area contributed by atoms with Crippen LogP contribution in [0.15, 0.2) is 5.16 Å². The second-order valence-electron chi connectivity index (χ2n) is 7.17. The Kier molecular flexibility index (Phi) is 7.22. The van der Waals surface area contributed by atoms with E-state index in [1.807, 2.05) is 0 Å². The third-order valence-electron chi connectivity index (χ3n) is 4.75. The minimum absolute atomic E-state index is 0.270. The Hall–Kier alpha value is -1.25. The number of nitrogen functional groups attached to an aromatic ring is 2. The van der Waals surface area contributed by atoms with Crippen LogP contribution in [0.5, 0.6) is 0 Å². The summed E-state index contributed by atoms with van der Waals surface area (Å²) in [6, 6.07) is 0.299. The largest absolute Gasteiger partial charge is 0.393 e. The number of nitrogens with two attached hydrogens (primary N) is 2. The van der Waals surface area contributed by atoms with E-state index in [0.29, 0.717) is 41.7 Å². The molecule has 8 heteroatoms. The van der Waals surface area contributed by atoms with Gasteiger partial charge in [-0.25, -0.2) is 9.97 Å². The van der Waals surface area contributed by atoms with Gasteiger partial charge in [0, 0.05) is 18.4 Å². The number of hydrogen-bond donors (Lipinski definition) is 3. The highest BCUT2D eigenvalue weighted by Gasteiger charge is 2.26. The van der Waals surface area contributed by atoms with Crippen LogP contribution in [0.3, 0.4) is 0 Å². The van der Waals surface area contributed by atoms with Crippen LogP contribution in [0.1, 0.15) is 45.4 Å². The molecule has 2 aliphatic rings. The van der Waals surface area contributed by atoms with Crippen molar-refractivity contribution in [3.8, 4) is 0 Å². The Morgan fingerprint density at radius 1 is 1.15 bits per heavy atom. The Balaban J connectivity index is 1.43. The van der Waals surface area contributed by atoms with Crippen molar-refractivity contribution in [1.29, 1.82) is 0 Å². The lowest BCUT2D eigenvalue weighted by molar-refractivity contribution is 0.00534. The predicted octanol–water partition coefficient (Wildman–Crippen LogP) is 2.92. The minimum atomic E-state index is 0.270. The first kappa shape index (κ1) is 19.5. The first-order valence-corrected chi connectivity index (χ1v) is 10.7. The summed E-state index contributed by atoms with van der Waals surface area (Å²) in [5.41, 5.74) is 12.4. The molecular formula is C18H31N5O2S. The van der Waals surface area contributed by atoms with Gasteiger partial charge in [-0.05, 0) is 44.4 Å². The highest BCUT2D eigenvalue weighted by Crippen LogP contribution is 2.31. The van der Waals surface area contributed by atoms with E-state index in [2.05, 4.69) is 22.2 Å². The molecule has 0 aliphatic heterocycles. The first-order chi connectivity index (χ1) is 12.7. The van der Waals surface area contributed by atoms with E-state index in [0.717, 1.165) is 44.0 Å². The molecule has 1 heterocycles. The number of aromatic nitrogens is 2. The monoisotopic (exact) mass is 381 g/mol. The van der Waals surface area contributed by atoms with Gasteiger partial charge in [0.15, 0.2) is 16.8 Å². The summed E-state index contributed by atoms with van der Waals surface area (Å²) < 4.78 is 11.6.